The minimum atomic E-state index is 0.161. The number of hydrogen-bond acceptors (Lipinski definition) is 2. The van der Waals surface area contributed by atoms with Gasteiger partial charge >= 0.3 is 0 Å². The van der Waals surface area contributed by atoms with Gasteiger partial charge in [-0.1, -0.05) is 26.2 Å². The van der Waals surface area contributed by atoms with Crippen molar-refractivity contribution in [1.82, 2.24) is 14.9 Å². The molecule has 0 aliphatic heterocycles. The van der Waals surface area contributed by atoms with E-state index in [1.165, 1.54) is 37.8 Å². The highest BCUT2D eigenvalue weighted by molar-refractivity contribution is 4.99. The van der Waals surface area contributed by atoms with Crippen LogP contribution in [0.3, 0.4) is 0 Å². The monoisotopic (exact) mass is 277 g/mol. The fourth-order valence-electron chi connectivity index (χ4n) is 3.12. The summed E-state index contributed by atoms with van der Waals surface area (Å²) in [6.07, 6.45) is 11.0. The van der Waals surface area contributed by atoms with Crippen LogP contribution in [0.4, 0.5) is 0 Å². The molecule has 1 fully saturated rings. The lowest BCUT2D eigenvalue weighted by Gasteiger charge is -2.28. The Hall–Kier alpha value is -0.830. The SMILES string of the molecule is CCC1CCC(Cn2cncc2CNC(C)(C)C)CC1. The zero-order chi connectivity index (χ0) is 14.6. The maximum Gasteiger partial charge on any atom is 0.0948 e. The third kappa shape index (κ3) is 4.62. The normalized spacial score (nSPS) is 24.0. The minimum absolute atomic E-state index is 0.161. The van der Waals surface area contributed by atoms with Gasteiger partial charge in [0.05, 0.1) is 12.0 Å². The van der Waals surface area contributed by atoms with Crippen LogP contribution in [0.25, 0.3) is 0 Å². The van der Waals surface area contributed by atoms with Crippen molar-refractivity contribution in [3.63, 3.8) is 0 Å². The average molecular weight is 277 g/mol. The van der Waals surface area contributed by atoms with Gasteiger partial charge in [0.25, 0.3) is 0 Å². The van der Waals surface area contributed by atoms with E-state index in [9.17, 15) is 0 Å². The first kappa shape index (κ1) is 15.6. The fraction of sp³-hybridized carbons (Fsp3) is 0.824. The van der Waals surface area contributed by atoms with Crippen molar-refractivity contribution in [3.05, 3.63) is 18.2 Å². The molecular formula is C17H31N3. The number of nitrogens with one attached hydrogen (secondary N) is 1. The molecule has 1 heterocycles. The molecule has 1 saturated carbocycles. The zero-order valence-electron chi connectivity index (χ0n) is 13.7. The fourth-order valence-corrected chi connectivity index (χ4v) is 3.12. The molecule has 0 unspecified atom stereocenters. The van der Waals surface area contributed by atoms with Crippen LogP contribution in [0.2, 0.25) is 0 Å². The van der Waals surface area contributed by atoms with Crippen molar-refractivity contribution in [2.75, 3.05) is 0 Å². The first-order valence-corrected chi connectivity index (χ1v) is 8.22. The van der Waals surface area contributed by atoms with Gasteiger partial charge < -0.3 is 9.88 Å². The third-order valence-corrected chi connectivity index (χ3v) is 4.60. The number of rotatable bonds is 5. The average Bonchev–Trinajstić information content (AvgIpc) is 2.84. The molecule has 0 radical (unpaired) electrons. The van der Waals surface area contributed by atoms with E-state index in [1.54, 1.807) is 0 Å². The van der Waals surface area contributed by atoms with Crippen LogP contribution in [0.1, 0.15) is 65.5 Å². The van der Waals surface area contributed by atoms with Gasteiger partial charge in [0.1, 0.15) is 0 Å². The molecular weight excluding hydrogens is 246 g/mol. The largest absolute Gasteiger partial charge is 0.333 e. The van der Waals surface area contributed by atoms with Crippen LogP contribution in [0, 0.1) is 11.8 Å². The van der Waals surface area contributed by atoms with Crippen molar-refractivity contribution in [1.29, 1.82) is 0 Å². The summed E-state index contributed by atoms with van der Waals surface area (Å²) >= 11 is 0. The lowest BCUT2D eigenvalue weighted by Crippen LogP contribution is -2.35. The highest BCUT2D eigenvalue weighted by Gasteiger charge is 2.21. The standard InChI is InChI=1S/C17H31N3/c1-5-14-6-8-15(9-7-14)12-20-13-18-10-16(20)11-19-17(2,3)4/h10,13-15,19H,5-9,11-12H2,1-4H3. The molecule has 0 aromatic carbocycles. The summed E-state index contributed by atoms with van der Waals surface area (Å²) < 4.78 is 2.36. The Morgan fingerprint density at radius 1 is 1.20 bits per heavy atom. The summed E-state index contributed by atoms with van der Waals surface area (Å²) in [5.41, 5.74) is 1.48. The molecule has 0 atom stereocenters. The van der Waals surface area contributed by atoms with Crippen LogP contribution in [-0.4, -0.2) is 15.1 Å². The van der Waals surface area contributed by atoms with Gasteiger partial charge in [-0.15, -0.1) is 0 Å². The molecule has 1 N–H and O–H groups in total. The molecule has 114 valence electrons. The molecule has 3 heteroatoms. The van der Waals surface area contributed by atoms with E-state index in [0.717, 1.165) is 24.9 Å². The Labute approximate surface area is 124 Å². The first-order chi connectivity index (χ1) is 9.48. The van der Waals surface area contributed by atoms with Gasteiger partial charge in [0.2, 0.25) is 0 Å². The molecule has 0 amide bonds. The number of aromatic nitrogens is 2. The maximum absolute atomic E-state index is 4.34. The van der Waals surface area contributed by atoms with Crippen LogP contribution in [-0.2, 0) is 13.1 Å². The van der Waals surface area contributed by atoms with Crippen molar-refractivity contribution in [3.8, 4) is 0 Å². The Morgan fingerprint density at radius 3 is 2.45 bits per heavy atom. The minimum Gasteiger partial charge on any atom is -0.333 e. The quantitative estimate of drug-likeness (QED) is 0.882. The lowest BCUT2D eigenvalue weighted by atomic mass is 9.81. The number of imidazole rings is 1. The van der Waals surface area contributed by atoms with Gasteiger partial charge in [0, 0.05) is 24.8 Å². The number of hydrogen-bond donors (Lipinski definition) is 1. The zero-order valence-corrected chi connectivity index (χ0v) is 13.7. The van der Waals surface area contributed by atoms with Crippen LogP contribution in [0.15, 0.2) is 12.5 Å². The smallest absolute Gasteiger partial charge is 0.0948 e. The van der Waals surface area contributed by atoms with Gasteiger partial charge in [-0.05, 0) is 45.4 Å². The molecule has 2 rings (SSSR count). The predicted octanol–water partition coefficient (Wildman–Crippen LogP) is 3.99. The molecule has 0 bridgehead atoms. The van der Waals surface area contributed by atoms with Crippen molar-refractivity contribution < 1.29 is 0 Å². The van der Waals surface area contributed by atoms with E-state index < -0.39 is 0 Å². The third-order valence-electron chi connectivity index (χ3n) is 4.60. The van der Waals surface area contributed by atoms with E-state index in [2.05, 4.69) is 42.6 Å². The van der Waals surface area contributed by atoms with Crippen molar-refractivity contribution in [2.45, 2.75) is 78.4 Å². The van der Waals surface area contributed by atoms with E-state index in [1.807, 2.05) is 12.5 Å². The van der Waals surface area contributed by atoms with Crippen LogP contribution in [0.5, 0.6) is 0 Å². The summed E-state index contributed by atoms with van der Waals surface area (Å²) in [6.45, 7) is 11.0. The Balaban J connectivity index is 1.86. The van der Waals surface area contributed by atoms with Crippen LogP contribution < -0.4 is 5.32 Å². The maximum atomic E-state index is 4.34. The Morgan fingerprint density at radius 2 is 1.85 bits per heavy atom. The summed E-state index contributed by atoms with van der Waals surface area (Å²) in [5.74, 6) is 1.83. The molecule has 20 heavy (non-hydrogen) atoms. The second-order valence-electron chi connectivity index (χ2n) is 7.44. The second-order valence-corrected chi connectivity index (χ2v) is 7.44. The molecule has 1 aliphatic rings. The van der Waals surface area contributed by atoms with Gasteiger partial charge in [-0.25, -0.2) is 4.98 Å². The summed E-state index contributed by atoms with van der Waals surface area (Å²) in [7, 11) is 0. The van der Waals surface area contributed by atoms with Crippen molar-refractivity contribution >= 4 is 0 Å². The number of nitrogens with zero attached hydrogens (tertiary/aromatic N) is 2. The van der Waals surface area contributed by atoms with E-state index >= 15 is 0 Å². The summed E-state index contributed by atoms with van der Waals surface area (Å²) in [6, 6.07) is 0. The van der Waals surface area contributed by atoms with E-state index in [0.29, 0.717) is 0 Å². The topological polar surface area (TPSA) is 29.9 Å². The Kier molecular flexibility index (Phi) is 5.25. The molecule has 3 nitrogen and oxygen atoms in total. The lowest BCUT2D eigenvalue weighted by molar-refractivity contribution is 0.245. The first-order valence-electron chi connectivity index (χ1n) is 8.22. The van der Waals surface area contributed by atoms with E-state index in [-0.39, 0.29) is 5.54 Å². The highest BCUT2D eigenvalue weighted by Crippen LogP contribution is 2.31. The highest BCUT2D eigenvalue weighted by atomic mass is 15.1. The molecule has 1 aromatic heterocycles. The molecule has 0 saturated heterocycles. The molecule has 0 spiro atoms. The molecule has 1 aliphatic carbocycles. The van der Waals surface area contributed by atoms with Gasteiger partial charge in [-0.3, -0.25) is 0 Å². The Bertz CT molecular complexity index is 395. The van der Waals surface area contributed by atoms with Crippen LogP contribution >= 0.6 is 0 Å². The molecule has 1 aromatic rings. The van der Waals surface area contributed by atoms with Gasteiger partial charge in [-0.2, -0.15) is 0 Å². The summed E-state index contributed by atoms with van der Waals surface area (Å²) in [5, 5.41) is 3.56. The second kappa shape index (κ2) is 6.75. The predicted molar refractivity (Wildman–Crippen MR) is 84.6 cm³/mol. The summed E-state index contributed by atoms with van der Waals surface area (Å²) in [4.78, 5) is 4.34. The van der Waals surface area contributed by atoms with Gasteiger partial charge in [0.15, 0.2) is 0 Å². The van der Waals surface area contributed by atoms with Crippen molar-refractivity contribution in [2.24, 2.45) is 11.8 Å². The van der Waals surface area contributed by atoms with E-state index in [4.69, 9.17) is 0 Å².